The molecule has 1 aromatic carbocycles. The molecule has 0 aliphatic carbocycles. The zero-order chi connectivity index (χ0) is 13.9. The van der Waals surface area contributed by atoms with E-state index in [0.717, 1.165) is 17.4 Å². The van der Waals surface area contributed by atoms with Crippen LogP contribution >= 0.6 is 0 Å². The minimum absolute atomic E-state index is 0.568. The molecule has 0 bridgehead atoms. The van der Waals surface area contributed by atoms with Gasteiger partial charge in [-0.15, -0.1) is 0 Å². The van der Waals surface area contributed by atoms with Crippen molar-refractivity contribution in [3.05, 3.63) is 65.7 Å². The summed E-state index contributed by atoms with van der Waals surface area (Å²) in [6, 6.07) is 10.1. The summed E-state index contributed by atoms with van der Waals surface area (Å²) in [5.74, 6) is 0. The van der Waals surface area contributed by atoms with Gasteiger partial charge in [-0.05, 0) is 18.6 Å². The van der Waals surface area contributed by atoms with Gasteiger partial charge >= 0.3 is 0 Å². The first-order chi connectivity index (χ1) is 9.76. The van der Waals surface area contributed by atoms with Crippen molar-refractivity contribution < 1.29 is 9.21 Å². The molecule has 0 unspecified atom stereocenters. The molecule has 0 spiro atoms. The van der Waals surface area contributed by atoms with Crippen LogP contribution in [-0.2, 0) is 6.54 Å². The molecule has 4 heteroatoms. The van der Waals surface area contributed by atoms with E-state index in [1.807, 2.05) is 0 Å². The van der Waals surface area contributed by atoms with Gasteiger partial charge in [0.2, 0.25) is 0 Å². The molecular formula is C16H14N2O2. The highest BCUT2D eigenvalue weighted by Crippen LogP contribution is 2.21. The zero-order valence-electron chi connectivity index (χ0n) is 11.1. The molecule has 0 saturated heterocycles. The second-order valence-electron chi connectivity index (χ2n) is 4.75. The summed E-state index contributed by atoms with van der Waals surface area (Å²) in [6.07, 6.45) is 5.74. The van der Waals surface area contributed by atoms with Gasteiger partial charge in [0.1, 0.15) is 5.69 Å². The van der Waals surface area contributed by atoms with Crippen LogP contribution < -0.4 is 0 Å². The second kappa shape index (κ2) is 5.17. The number of benzene rings is 1. The van der Waals surface area contributed by atoms with Crippen molar-refractivity contribution in [2.24, 2.45) is 0 Å². The van der Waals surface area contributed by atoms with E-state index < -0.39 is 0 Å². The first-order valence-corrected chi connectivity index (χ1v) is 6.37. The highest BCUT2D eigenvalue weighted by molar-refractivity contribution is 5.85. The Hall–Kier alpha value is -2.62. The number of aldehydes is 1. The second-order valence-corrected chi connectivity index (χ2v) is 4.75. The van der Waals surface area contributed by atoms with Gasteiger partial charge in [0, 0.05) is 11.8 Å². The molecule has 3 aromatic rings. The lowest BCUT2D eigenvalue weighted by Gasteiger charge is -2.02. The monoisotopic (exact) mass is 266 g/mol. The maximum Gasteiger partial charge on any atom is 0.153 e. The molecule has 100 valence electrons. The Bertz CT molecular complexity index is 710. The average Bonchev–Trinajstić information content (AvgIpc) is 3.10. The number of aromatic nitrogens is 2. The smallest absolute Gasteiger partial charge is 0.153 e. The van der Waals surface area contributed by atoms with E-state index in [0.29, 0.717) is 17.8 Å². The lowest BCUT2D eigenvalue weighted by Crippen LogP contribution is -2.00. The first-order valence-electron chi connectivity index (χ1n) is 6.37. The summed E-state index contributed by atoms with van der Waals surface area (Å²) in [7, 11) is 0. The van der Waals surface area contributed by atoms with Crippen LogP contribution in [0.4, 0.5) is 0 Å². The Morgan fingerprint density at radius 1 is 1.25 bits per heavy atom. The molecule has 0 amide bonds. The summed E-state index contributed by atoms with van der Waals surface area (Å²) < 4.78 is 6.82. The van der Waals surface area contributed by atoms with E-state index in [-0.39, 0.29) is 0 Å². The van der Waals surface area contributed by atoms with Gasteiger partial charge in [-0.25, -0.2) is 0 Å². The minimum Gasteiger partial charge on any atom is -0.472 e. The van der Waals surface area contributed by atoms with Crippen LogP contribution in [0.2, 0.25) is 0 Å². The third-order valence-corrected chi connectivity index (χ3v) is 3.18. The molecule has 2 heterocycles. The quantitative estimate of drug-likeness (QED) is 0.681. The Balaban J connectivity index is 1.91. The van der Waals surface area contributed by atoms with Crippen molar-refractivity contribution in [1.29, 1.82) is 0 Å². The Kier molecular flexibility index (Phi) is 3.21. The molecule has 0 fully saturated rings. The van der Waals surface area contributed by atoms with Crippen molar-refractivity contribution in [1.82, 2.24) is 9.78 Å². The van der Waals surface area contributed by atoms with Crippen molar-refractivity contribution in [3.8, 4) is 11.3 Å². The van der Waals surface area contributed by atoms with Crippen LogP contribution in [0, 0.1) is 6.92 Å². The molecule has 0 atom stereocenters. The molecule has 2 aromatic heterocycles. The van der Waals surface area contributed by atoms with Crippen molar-refractivity contribution in [3.63, 3.8) is 0 Å². The summed E-state index contributed by atoms with van der Waals surface area (Å²) in [5, 5.41) is 4.47. The fourth-order valence-electron chi connectivity index (χ4n) is 2.11. The maximum absolute atomic E-state index is 11.1. The van der Waals surface area contributed by atoms with Crippen LogP contribution in [0.3, 0.4) is 0 Å². The van der Waals surface area contributed by atoms with E-state index in [2.05, 4.69) is 36.3 Å². The average molecular weight is 266 g/mol. The van der Waals surface area contributed by atoms with Crippen molar-refractivity contribution in [2.45, 2.75) is 13.5 Å². The number of aryl methyl sites for hydroxylation is 1. The van der Waals surface area contributed by atoms with E-state index >= 15 is 0 Å². The van der Waals surface area contributed by atoms with Crippen molar-refractivity contribution in [2.75, 3.05) is 0 Å². The molecule has 0 radical (unpaired) electrons. The van der Waals surface area contributed by atoms with Gasteiger partial charge in [-0.1, -0.05) is 29.8 Å². The molecular weight excluding hydrogens is 252 g/mol. The predicted molar refractivity (Wildman–Crippen MR) is 75.6 cm³/mol. The maximum atomic E-state index is 11.1. The topological polar surface area (TPSA) is 48.0 Å². The number of carbonyl (C=O) groups excluding carboxylic acids is 1. The van der Waals surface area contributed by atoms with Crippen LogP contribution in [0.5, 0.6) is 0 Å². The van der Waals surface area contributed by atoms with Crippen LogP contribution in [0.25, 0.3) is 11.3 Å². The fraction of sp³-hybridized carbons (Fsp3) is 0.125. The SMILES string of the molecule is Cc1ccc(Cn2cc(C=O)c(-c3ccoc3)n2)cc1. The van der Waals surface area contributed by atoms with E-state index in [9.17, 15) is 4.79 Å². The highest BCUT2D eigenvalue weighted by Gasteiger charge is 2.11. The lowest BCUT2D eigenvalue weighted by atomic mass is 10.1. The molecule has 20 heavy (non-hydrogen) atoms. The Morgan fingerprint density at radius 3 is 2.70 bits per heavy atom. The molecule has 4 nitrogen and oxygen atoms in total. The van der Waals surface area contributed by atoms with Gasteiger partial charge in [-0.3, -0.25) is 9.48 Å². The number of nitrogens with zero attached hydrogens (tertiary/aromatic N) is 2. The van der Waals surface area contributed by atoms with E-state index in [1.165, 1.54) is 5.56 Å². The molecule has 3 rings (SSSR count). The number of carbonyl (C=O) groups is 1. The van der Waals surface area contributed by atoms with Gasteiger partial charge in [-0.2, -0.15) is 5.10 Å². The third kappa shape index (κ3) is 2.40. The predicted octanol–water partition coefficient (Wildman–Crippen LogP) is 3.31. The van der Waals surface area contributed by atoms with Crippen molar-refractivity contribution >= 4 is 6.29 Å². The highest BCUT2D eigenvalue weighted by atomic mass is 16.3. The first kappa shape index (κ1) is 12.4. The van der Waals surface area contributed by atoms with Crippen LogP contribution in [0.15, 0.2) is 53.5 Å². The Morgan fingerprint density at radius 2 is 2.05 bits per heavy atom. The summed E-state index contributed by atoms with van der Waals surface area (Å²) >= 11 is 0. The van der Waals surface area contributed by atoms with E-state index in [1.54, 1.807) is 29.5 Å². The van der Waals surface area contributed by atoms with Crippen LogP contribution in [-0.4, -0.2) is 16.1 Å². The largest absolute Gasteiger partial charge is 0.472 e. The van der Waals surface area contributed by atoms with Gasteiger partial charge < -0.3 is 4.42 Å². The van der Waals surface area contributed by atoms with Gasteiger partial charge in [0.05, 0.1) is 24.6 Å². The van der Waals surface area contributed by atoms with E-state index in [4.69, 9.17) is 4.42 Å². The number of furan rings is 1. The lowest BCUT2D eigenvalue weighted by molar-refractivity contribution is 0.112. The summed E-state index contributed by atoms with van der Waals surface area (Å²) in [6.45, 7) is 2.69. The number of hydrogen-bond donors (Lipinski definition) is 0. The minimum atomic E-state index is 0.568. The zero-order valence-corrected chi connectivity index (χ0v) is 11.1. The normalized spacial score (nSPS) is 10.7. The van der Waals surface area contributed by atoms with Gasteiger partial charge in [0.25, 0.3) is 0 Å². The summed E-state index contributed by atoms with van der Waals surface area (Å²) in [5.41, 5.74) is 4.41. The molecule has 0 aliphatic rings. The molecule has 0 N–H and O–H groups in total. The van der Waals surface area contributed by atoms with Crippen LogP contribution in [0.1, 0.15) is 21.5 Å². The third-order valence-electron chi connectivity index (χ3n) is 3.18. The summed E-state index contributed by atoms with van der Waals surface area (Å²) in [4.78, 5) is 11.1. The Labute approximate surface area is 116 Å². The molecule has 0 saturated carbocycles. The van der Waals surface area contributed by atoms with Gasteiger partial charge in [0.15, 0.2) is 6.29 Å². The standard InChI is InChI=1S/C16H14N2O2/c1-12-2-4-13(5-3-12)8-18-9-15(10-19)16(17-18)14-6-7-20-11-14/h2-7,9-11H,8H2,1H3. The number of hydrogen-bond acceptors (Lipinski definition) is 3. The molecule has 0 aliphatic heterocycles. The fourth-order valence-corrected chi connectivity index (χ4v) is 2.11. The number of rotatable bonds is 4.